The number of ether oxygens (including phenoxy) is 1. The summed E-state index contributed by atoms with van der Waals surface area (Å²) in [5.41, 5.74) is 5.38. The number of aliphatic carboxylic acids is 1. The number of carbonyl (C=O) groups excluding carboxylic acids is 2. The van der Waals surface area contributed by atoms with Gasteiger partial charge in [-0.1, -0.05) is 6.92 Å². The lowest BCUT2D eigenvalue weighted by molar-refractivity contribution is -0.138. The molecule has 2 saturated heterocycles. The molecule has 1 unspecified atom stereocenters. The number of carbonyl (C=O) groups is 3. The van der Waals surface area contributed by atoms with Crippen LogP contribution in [-0.2, 0) is 9.53 Å². The number of likely N-dealkylation sites (tertiary alicyclic amines) is 2. The zero-order valence-corrected chi connectivity index (χ0v) is 16.1. The van der Waals surface area contributed by atoms with Crippen molar-refractivity contribution in [2.75, 3.05) is 39.3 Å². The molecule has 0 bridgehead atoms. The summed E-state index contributed by atoms with van der Waals surface area (Å²) in [6, 6.07) is -1.37. The normalized spacial score (nSPS) is 20.2. The first-order valence-electron chi connectivity index (χ1n) is 9.79. The summed E-state index contributed by atoms with van der Waals surface area (Å²) in [5, 5.41) is 11.3. The lowest BCUT2D eigenvalue weighted by Gasteiger charge is -2.32. The van der Waals surface area contributed by atoms with Gasteiger partial charge in [0.1, 0.15) is 6.04 Å². The van der Waals surface area contributed by atoms with Gasteiger partial charge < -0.3 is 30.7 Å². The molecule has 9 heteroatoms. The van der Waals surface area contributed by atoms with Crippen LogP contribution in [0.5, 0.6) is 0 Å². The summed E-state index contributed by atoms with van der Waals surface area (Å²) in [7, 11) is 0. The summed E-state index contributed by atoms with van der Waals surface area (Å²) >= 11 is 0. The van der Waals surface area contributed by atoms with Crippen molar-refractivity contribution in [2.45, 2.75) is 45.1 Å². The average molecular weight is 384 g/mol. The fourth-order valence-corrected chi connectivity index (χ4v) is 3.42. The van der Waals surface area contributed by atoms with E-state index in [0.717, 1.165) is 45.2 Å². The molecule has 9 nitrogen and oxygen atoms in total. The van der Waals surface area contributed by atoms with Crippen LogP contribution < -0.4 is 11.1 Å². The molecule has 0 saturated carbocycles. The molecule has 27 heavy (non-hydrogen) atoms. The second-order valence-corrected chi connectivity index (χ2v) is 7.63. The molecule has 0 spiro atoms. The molecule has 0 radical (unpaired) electrons. The first kappa shape index (κ1) is 21.3. The highest BCUT2D eigenvalue weighted by Crippen LogP contribution is 2.21. The Labute approximate surface area is 160 Å². The Morgan fingerprint density at radius 1 is 1.11 bits per heavy atom. The highest BCUT2D eigenvalue weighted by Gasteiger charge is 2.25. The number of piperidine rings is 2. The number of nitrogens with two attached hydrogens (primary N) is 1. The van der Waals surface area contributed by atoms with Crippen molar-refractivity contribution >= 4 is 18.1 Å². The lowest BCUT2D eigenvalue weighted by Crippen LogP contribution is -2.49. The minimum absolute atomic E-state index is 0.0840. The van der Waals surface area contributed by atoms with Gasteiger partial charge in [0.2, 0.25) is 0 Å². The van der Waals surface area contributed by atoms with E-state index in [9.17, 15) is 14.4 Å². The first-order valence-corrected chi connectivity index (χ1v) is 9.79. The summed E-state index contributed by atoms with van der Waals surface area (Å²) in [6.45, 7) is 5.30. The van der Waals surface area contributed by atoms with Crippen molar-refractivity contribution in [1.29, 1.82) is 0 Å². The predicted molar refractivity (Wildman–Crippen MR) is 99.2 cm³/mol. The van der Waals surface area contributed by atoms with Crippen LogP contribution in [0.3, 0.4) is 0 Å². The van der Waals surface area contributed by atoms with E-state index in [1.54, 1.807) is 9.80 Å². The van der Waals surface area contributed by atoms with Gasteiger partial charge in [0.25, 0.3) is 0 Å². The maximum absolute atomic E-state index is 12.1. The lowest BCUT2D eigenvalue weighted by atomic mass is 9.94. The van der Waals surface area contributed by atoms with E-state index in [-0.39, 0.29) is 18.7 Å². The Hall–Kier alpha value is -2.03. The Balaban J connectivity index is 1.58. The minimum atomic E-state index is -1.14. The van der Waals surface area contributed by atoms with Crippen LogP contribution in [0.4, 0.5) is 9.59 Å². The molecule has 3 amide bonds. The zero-order valence-electron chi connectivity index (χ0n) is 16.1. The monoisotopic (exact) mass is 384 g/mol. The number of carboxylic acids is 1. The molecule has 1 atom stereocenters. The van der Waals surface area contributed by atoms with Crippen molar-refractivity contribution in [2.24, 2.45) is 17.6 Å². The van der Waals surface area contributed by atoms with Crippen molar-refractivity contribution in [3.05, 3.63) is 0 Å². The van der Waals surface area contributed by atoms with Gasteiger partial charge in [0.05, 0.1) is 6.61 Å². The molecule has 0 aromatic carbocycles. The quantitative estimate of drug-likeness (QED) is 0.629. The number of urea groups is 1. The topological polar surface area (TPSA) is 125 Å². The number of carboxylic acid groups (broad SMARTS) is 1. The van der Waals surface area contributed by atoms with E-state index in [1.165, 1.54) is 0 Å². The van der Waals surface area contributed by atoms with Gasteiger partial charge >= 0.3 is 18.1 Å². The van der Waals surface area contributed by atoms with Crippen LogP contribution in [0.15, 0.2) is 0 Å². The molecule has 0 aliphatic carbocycles. The SMILES string of the molecule is CC1CCN(C(=O)OCCC2CCN(C(=O)NCC(N)C(=O)O)CC2)CC1. The number of rotatable bonds is 6. The van der Waals surface area contributed by atoms with E-state index in [4.69, 9.17) is 15.6 Å². The number of amides is 3. The Kier molecular flexibility index (Phi) is 8.15. The number of hydrogen-bond donors (Lipinski definition) is 3. The largest absolute Gasteiger partial charge is 0.480 e. The van der Waals surface area contributed by atoms with Crippen LogP contribution in [0.25, 0.3) is 0 Å². The van der Waals surface area contributed by atoms with Gasteiger partial charge in [-0.05, 0) is 43.9 Å². The van der Waals surface area contributed by atoms with Gasteiger partial charge in [-0.3, -0.25) is 4.79 Å². The molecule has 154 valence electrons. The predicted octanol–water partition coefficient (Wildman–Crippen LogP) is 1.08. The third-order valence-electron chi connectivity index (χ3n) is 5.49. The van der Waals surface area contributed by atoms with E-state index in [2.05, 4.69) is 12.2 Å². The molecule has 2 fully saturated rings. The van der Waals surface area contributed by atoms with E-state index in [0.29, 0.717) is 31.5 Å². The highest BCUT2D eigenvalue weighted by molar-refractivity contribution is 5.77. The van der Waals surface area contributed by atoms with E-state index in [1.807, 2.05) is 0 Å². The molecule has 0 aromatic heterocycles. The molecular formula is C18H32N4O5. The molecular weight excluding hydrogens is 352 g/mol. The molecule has 2 rings (SSSR count). The highest BCUT2D eigenvalue weighted by atomic mass is 16.6. The third kappa shape index (κ3) is 6.89. The minimum Gasteiger partial charge on any atom is -0.480 e. The number of nitrogens with zero attached hydrogens (tertiary/aromatic N) is 2. The standard InChI is InChI=1S/C18H32N4O5/c1-13-2-7-22(8-3-13)18(26)27-11-6-14-4-9-21(10-5-14)17(25)20-12-15(19)16(23)24/h13-15H,2-12,19H2,1H3,(H,20,25)(H,23,24). The second-order valence-electron chi connectivity index (χ2n) is 7.63. The van der Waals surface area contributed by atoms with Gasteiger partial charge in [-0.2, -0.15) is 0 Å². The Bertz CT molecular complexity index is 514. The van der Waals surface area contributed by atoms with Crippen LogP contribution in [0, 0.1) is 11.8 Å². The van der Waals surface area contributed by atoms with Gasteiger partial charge in [0.15, 0.2) is 0 Å². The maximum Gasteiger partial charge on any atom is 0.409 e. The molecule has 0 aromatic rings. The van der Waals surface area contributed by atoms with Crippen molar-refractivity contribution in [3.8, 4) is 0 Å². The molecule has 4 N–H and O–H groups in total. The van der Waals surface area contributed by atoms with Crippen LogP contribution in [0.1, 0.15) is 39.0 Å². The van der Waals surface area contributed by atoms with E-state index < -0.39 is 12.0 Å². The first-order chi connectivity index (χ1) is 12.9. The van der Waals surface area contributed by atoms with Crippen molar-refractivity contribution < 1.29 is 24.2 Å². The smallest absolute Gasteiger partial charge is 0.409 e. The molecule has 2 aliphatic rings. The van der Waals surface area contributed by atoms with Crippen LogP contribution in [-0.4, -0.2) is 78.4 Å². The summed E-state index contributed by atoms with van der Waals surface area (Å²) in [4.78, 5) is 38.2. The van der Waals surface area contributed by atoms with Crippen LogP contribution >= 0.6 is 0 Å². The summed E-state index contributed by atoms with van der Waals surface area (Å²) in [6.07, 6.45) is 4.34. The number of hydrogen-bond acceptors (Lipinski definition) is 5. The van der Waals surface area contributed by atoms with Gasteiger partial charge in [-0.15, -0.1) is 0 Å². The van der Waals surface area contributed by atoms with Crippen molar-refractivity contribution in [1.82, 2.24) is 15.1 Å². The maximum atomic E-state index is 12.1. The fourth-order valence-electron chi connectivity index (χ4n) is 3.42. The zero-order chi connectivity index (χ0) is 19.8. The number of nitrogens with one attached hydrogen (secondary N) is 1. The summed E-state index contributed by atoms with van der Waals surface area (Å²) < 4.78 is 5.41. The van der Waals surface area contributed by atoms with Gasteiger partial charge in [-0.25, -0.2) is 9.59 Å². The van der Waals surface area contributed by atoms with Crippen LogP contribution in [0.2, 0.25) is 0 Å². The average Bonchev–Trinajstić information content (AvgIpc) is 2.66. The molecule has 2 aliphatic heterocycles. The Morgan fingerprint density at radius 2 is 1.70 bits per heavy atom. The second kappa shape index (κ2) is 10.3. The van der Waals surface area contributed by atoms with E-state index >= 15 is 0 Å². The molecule has 2 heterocycles. The van der Waals surface area contributed by atoms with Gasteiger partial charge in [0, 0.05) is 32.7 Å². The third-order valence-corrected chi connectivity index (χ3v) is 5.49. The fraction of sp³-hybridized carbons (Fsp3) is 0.833. The summed E-state index contributed by atoms with van der Waals surface area (Å²) in [5.74, 6) is -0.0385. The Morgan fingerprint density at radius 3 is 2.30 bits per heavy atom. The van der Waals surface area contributed by atoms with Crippen molar-refractivity contribution in [3.63, 3.8) is 0 Å².